The fourth-order valence-electron chi connectivity index (χ4n) is 15.2. The minimum atomic E-state index is -0.939. The Balaban J connectivity index is 1.09. The van der Waals surface area contributed by atoms with Crippen molar-refractivity contribution < 1.29 is 38.9 Å². The lowest BCUT2D eigenvalue weighted by molar-refractivity contribution is -0.138. The van der Waals surface area contributed by atoms with Crippen LogP contribution < -0.4 is 10.6 Å². The molecule has 4 N–H and O–H groups in total. The Morgan fingerprint density at radius 3 is 2.47 bits per heavy atom. The van der Waals surface area contributed by atoms with E-state index in [0.29, 0.717) is 42.5 Å². The van der Waals surface area contributed by atoms with E-state index < -0.39 is 22.7 Å². The zero-order valence-corrected chi connectivity index (χ0v) is 38.7. The molecule has 1 spiro atoms. The summed E-state index contributed by atoms with van der Waals surface area (Å²) in [4.78, 5) is 58.1. The van der Waals surface area contributed by atoms with Crippen LogP contribution in [0.3, 0.4) is 0 Å². The second-order valence-electron chi connectivity index (χ2n) is 20.7. The third-order valence-electron chi connectivity index (χ3n) is 18.1. The lowest BCUT2D eigenvalue weighted by Gasteiger charge is -2.58. The van der Waals surface area contributed by atoms with Crippen molar-refractivity contribution in [3.63, 3.8) is 0 Å². The van der Waals surface area contributed by atoms with Crippen molar-refractivity contribution in [2.75, 3.05) is 25.6 Å². The number of aliphatic hydroxyl groups excluding tert-OH is 2. The van der Waals surface area contributed by atoms with Gasteiger partial charge >= 0.3 is 11.9 Å². The van der Waals surface area contributed by atoms with Crippen molar-refractivity contribution in [3.8, 4) is 0 Å². The SMILES string of the molecule is CCC1(C2=C3OC(=O)C4=C3C(CC2)CC2C3CCC5(C6=CCC(C7CCC(CCCO)CC7)C(O)SSCNC7=CC(=CCN7)C(CN7C(=O)C=CC7=O)C3=C5C(=O)O6)C42)CCCC1. The number of allylic oxidation sites excluding steroid dienone is 5. The summed E-state index contributed by atoms with van der Waals surface area (Å²) in [7, 11) is 3.06. The highest BCUT2D eigenvalue weighted by molar-refractivity contribution is 8.76. The molecule has 12 rings (SSSR count). The number of esters is 2. The number of aliphatic hydroxyl groups is 2. The second kappa shape index (κ2) is 17.0. The van der Waals surface area contributed by atoms with Gasteiger partial charge < -0.3 is 30.3 Å². The smallest absolute Gasteiger partial charge is 0.340 e. The average molecular weight is 910 g/mol. The number of hydrogen-bond acceptors (Lipinski definition) is 12. The largest absolute Gasteiger partial charge is 0.427 e. The minimum Gasteiger partial charge on any atom is -0.427 e. The third kappa shape index (κ3) is 6.81. The summed E-state index contributed by atoms with van der Waals surface area (Å²) in [5.41, 5.74) is 4.17. The minimum absolute atomic E-state index is 0.0186. The third-order valence-corrected chi connectivity index (χ3v) is 20.4. The molecule has 3 saturated carbocycles. The van der Waals surface area contributed by atoms with Crippen molar-refractivity contribution in [1.29, 1.82) is 0 Å². The molecule has 0 aromatic carbocycles. The van der Waals surface area contributed by atoms with Crippen LogP contribution >= 0.6 is 21.6 Å². The monoisotopic (exact) mass is 909 g/mol. The fourth-order valence-corrected chi connectivity index (χ4v) is 17.3. The molecule has 7 bridgehead atoms. The highest BCUT2D eigenvalue weighted by atomic mass is 33.1. The van der Waals surface area contributed by atoms with Crippen molar-refractivity contribution in [2.24, 2.45) is 58.2 Å². The quantitative estimate of drug-likeness (QED) is 0.106. The number of rotatable bonds is 8. The first kappa shape index (κ1) is 43.1. The number of dihydropyridines is 1. The molecule has 4 fully saturated rings. The van der Waals surface area contributed by atoms with Crippen LogP contribution in [-0.2, 0) is 28.7 Å². The molecule has 11 nitrogen and oxygen atoms in total. The number of carbonyl (C=O) groups excluding carboxylic acids is 4. The predicted octanol–water partition coefficient (Wildman–Crippen LogP) is 8.02. The summed E-state index contributed by atoms with van der Waals surface area (Å²) < 4.78 is 13.3. The topological polar surface area (TPSA) is 154 Å². The van der Waals surface area contributed by atoms with Gasteiger partial charge in [-0.05, 0) is 147 Å². The first-order valence-electron chi connectivity index (χ1n) is 24.5. The molecular formula is C51H63N3O8S2. The van der Waals surface area contributed by atoms with Crippen molar-refractivity contribution in [2.45, 2.75) is 122 Å². The van der Waals surface area contributed by atoms with Gasteiger partial charge in [0.25, 0.3) is 11.8 Å². The fraction of sp³-hybridized carbons (Fsp3) is 0.647. The number of nitrogens with zero attached hydrogens (tertiary/aromatic N) is 1. The molecule has 13 heteroatoms. The number of nitrogens with one attached hydrogen (secondary N) is 2. The number of hydrogen-bond donors (Lipinski definition) is 4. The van der Waals surface area contributed by atoms with E-state index in [2.05, 4.69) is 35.8 Å². The van der Waals surface area contributed by atoms with Gasteiger partial charge in [-0.15, -0.1) is 0 Å². The molecule has 5 heterocycles. The van der Waals surface area contributed by atoms with Crippen LogP contribution in [0.25, 0.3) is 0 Å². The van der Waals surface area contributed by atoms with Crippen LogP contribution in [0.4, 0.5) is 0 Å². The second-order valence-corrected chi connectivity index (χ2v) is 23.2. The molecule has 12 aliphatic rings. The number of ether oxygens (including phenoxy) is 2. The van der Waals surface area contributed by atoms with Gasteiger partial charge in [-0.25, -0.2) is 9.59 Å². The summed E-state index contributed by atoms with van der Waals surface area (Å²) in [5.74, 6) is 1.55. The number of carbonyl (C=O) groups is 4. The molecule has 5 aliphatic heterocycles. The maximum absolute atomic E-state index is 15.2. The van der Waals surface area contributed by atoms with Crippen LogP contribution in [0.2, 0.25) is 0 Å². The summed E-state index contributed by atoms with van der Waals surface area (Å²) in [6.45, 7) is 3.13. The van der Waals surface area contributed by atoms with E-state index in [4.69, 9.17) is 9.47 Å². The Kier molecular flexibility index (Phi) is 11.4. The molecule has 0 aromatic rings. The van der Waals surface area contributed by atoms with Gasteiger partial charge in [0.1, 0.15) is 17.0 Å². The van der Waals surface area contributed by atoms with E-state index in [0.717, 1.165) is 117 Å². The average Bonchev–Trinajstić information content (AvgIpc) is 4.08. The predicted molar refractivity (Wildman–Crippen MR) is 245 cm³/mol. The Hall–Kier alpha value is -3.52. The van der Waals surface area contributed by atoms with Crippen LogP contribution in [0.1, 0.15) is 116 Å². The Morgan fingerprint density at radius 2 is 1.70 bits per heavy atom. The maximum atomic E-state index is 15.2. The van der Waals surface area contributed by atoms with Gasteiger partial charge in [0, 0.05) is 60.7 Å². The van der Waals surface area contributed by atoms with Crippen molar-refractivity contribution >= 4 is 45.3 Å². The lowest BCUT2D eigenvalue weighted by Crippen LogP contribution is -2.55. The van der Waals surface area contributed by atoms with E-state index in [1.165, 1.54) is 46.3 Å². The zero-order chi connectivity index (χ0) is 43.9. The Morgan fingerprint density at radius 1 is 0.906 bits per heavy atom. The Labute approximate surface area is 384 Å². The molecule has 0 radical (unpaired) electrons. The summed E-state index contributed by atoms with van der Waals surface area (Å²) >= 11 is 0. The van der Waals surface area contributed by atoms with Crippen molar-refractivity contribution in [3.05, 3.63) is 81.2 Å². The van der Waals surface area contributed by atoms with Gasteiger partial charge in [-0.3, -0.25) is 14.5 Å². The maximum Gasteiger partial charge on any atom is 0.340 e. The molecule has 8 atom stereocenters. The molecular weight excluding hydrogens is 847 g/mol. The van der Waals surface area contributed by atoms with Gasteiger partial charge in [0.15, 0.2) is 0 Å². The molecule has 64 heavy (non-hydrogen) atoms. The standard InChI is InChI=1S/C51H63N3O8S2/c1-2-50(19-3-4-20-50)36-13-11-31-24-34-33-17-21-51(44(34)43-41(31)46(36)62-47(43)58)37-14-12-32(29-9-7-28(8-10-29)6-5-23-55)49(60)64-63-27-53-38-25-30(18-22-52-38)35(42(33)45(51)48(59)61-37)26-54-39(56)15-16-40(54)57/h14-16,18,25,28-29,31-35,44,49,52-53,55,60H,2-13,17,19-24,26-27H2,1H3. The lowest BCUT2D eigenvalue weighted by atomic mass is 9.42. The summed E-state index contributed by atoms with van der Waals surface area (Å²) in [6.07, 6.45) is 25.3. The van der Waals surface area contributed by atoms with Gasteiger partial charge in [0.05, 0.1) is 22.7 Å². The highest BCUT2D eigenvalue weighted by Gasteiger charge is 2.70. The van der Waals surface area contributed by atoms with Gasteiger partial charge in [-0.1, -0.05) is 60.3 Å². The Bertz CT molecular complexity index is 2220. The first-order chi connectivity index (χ1) is 31.2. The molecule has 2 amide bonds. The van der Waals surface area contributed by atoms with Crippen LogP contribution in [0.5, 0.6) is 0 Å². The van der Waals surface area contributed by atoms with E-state index in [9.17, 15) is 24.6 Å². The zero-order valence-electron chi connectivity index (χ0n) is 37.0. The molecule has 0 aromatic heterocycles. The molecule has 1 saturated heterocycles. The van der Waals surface area contributed by atoms with Crippen LogP contribution in [-0.4, -0.2) is 69.9 Å². The van der Waals surface area contributed by atoms with E-state index >= 15 is 4.79 Å². The van der Waals surface area contributed by atoms with E-state index in [1.54, 1.807) is 10.8 Å². The first-order valence-corrected chi connectivity index (χ1v) is 26.9. The van der Waals surface area contributed by atoms with E-state index in [1.807, 2.05) is 0 Å². The molecule has 7 aliphatic carbocycles. The summed E-state index contributed by atoms with van der Waals surface area (Å²) in [5, 5.41) is 28.6. The van der Waals surface area contributed by atoms with Gasteiger partial charge in [0.2, 0.25) is 0 Å². The van der Waals surface area contributed by atoms with Crippen molar-refractivity contribution in [1.82, 2.24) is 15.5 Å². The number of fused-ring (bicyclic) bond motifs is 2. The normalized spacial score (nSPS) is 37.8. The number of amides is 2. The van der Waals surface area contributed by atoms with Crippen LogP contribution in [0, 0.1) is 58.2 Å². The highest BCUT2D eigenvalue weighted by Crippen LogP contribution is 2.73. The van der Waals surface area contributed by atoms with Crippen LogP contribution in [0.15, 0.2) is 81.2 Å². The number of imide groups is 1. The summed E-state index contributed by atoms with van der Waals surface area (Å²) in [6, 6.07) is 0. The molecule has 8 unspecified atom stereocenters. The van der Waals surface area contributed by atoms with Gasteiger partial charge in [-0.2, -0.15) is 0 Å². The van der Waals surface area contributed by atoms with E-state index in [-0.39, 0.29) is 71.9 Å². The molecule has 342 valence electrons.